The summed E-state index contributed by atoms with van der Waals surface area (Å²) in [5.41, 5.74) is 0.0708. The average Bonchev–Trinajstić information content (AvgIpc) is 3.52. The third kappa shape index (κ3) is 8.23. The second-order valence-electron chi connectivity index (χ2n) is 10.0. The highest BCUT2D eigenvalue weighted by atomic mass is 35.5. The summed E-state index contributed by atoms with van der Waals surface area (Å²) < 4.78 is 45.0. The van der Waals surface area contributed by atoms with Crippen LogP contribution in [0, 0.1) is 0 Å². The molecule has 0 radical (unpaired) electrons. The van der Waals surface area contributed by atoms with Crippen molar-refractivity contribution in [3.8, 4) is 5.75 Å². The molecule has 1 aromatic heterocycles. The molecule has 1 saturated heterocycles. The molecule has 2 amide bonds. The number of nitrogens with one attached hydrogen (secondary N) is 3. The highest BCUT2D eigenvalue weighted by Crippen LogP contribution is 2.30. The van der Waals surface area contributed by atoms with Crippen LogP contribution >= 0.6 is 11.6 Å². The van der Waals surface area contributed by atoms with E-state index in [1.54, 1.807) is 0 Å². The van der Waals surface area contributed by atoms with Gasteiger partial charge in [0.2, 0.25) is 5.95 Å². The van der Waals surface area contributed by atoms with Gasteiger partial charge < -0.3 is 20.7 Å². The zero-order chi connectivity index (χ0) is 31.1. The van der Waals surface area contributed by atoms with Crippen LogP contribution in [0.4, 0.5) is 36.2 Å². The van der Waals surface area contributed by atoms with Gasteiger partial charge in [0, 0.05) is 29.5 Å². The maximum absolute atomic E-state index is 13.0. The van der Waals surface area contributed by atoms with Gasteiger partial charge >= 0.3 is 6.18 Å². The van der Waals surface area contributed by atoms with E-state index in [4.69, 9.17) is 16.3 Å². The lowest BCUT2D eigenvalue weighted by Gasteiger charge is -2.15. The number of hydrogen-bond acceptors (Lipinski definition) is 7. The Hall–Kier alpha value is -4.68. The maximum Gasteiger partial charge on any atom is 0.416 e. The maximum atomic E-state index is 13.0. The van der Waals surface area contributed by atoms with Crippen LogP contribution in [0.1, 0.15) is 39.1 Å². The Kier molecular flexibility index (Phi) is 9.61. The predicted octanol–water partition coefficient (Wildman–Crippen LogP) is 6.87. The van der Waals surface area contributed by atoms with Gasteiger partial charge in [-0.1, -0.05) is 23.7 Å². The Balaban J connectivity index is 1.17. The first-order valence-corrected chi connectivity index (χ1v) is 14.2. The van der Waals surface area contributed by atoms with Crippen molar-refractivity contribution >= 4 is 46.4 Å². The predicted molar refractivity (Wildman–Crippen MR) is 162 cm³/mol. The summed E-state index contributed by atoms with van der Waals surface area (Å²) in [6.07, 6.45) is 0.703. The van der Waals surface area contributed by atoms with E-state index in [1.807, 2.05) is 24.3 Å². The van der Waals surface area contributed by atoms with E-state index >= 15 is 0 Å². The van der Waals surface area contributed by atoms with E-state index in [2.05, 4.69) is 30.8 Å². The molecule has 0 bridgehead atoms. The van der Waals surface area contributed by atoms with Crippen molar-refractivity contribution in [2.75, 3.05) is 42.2 Å². The van der Waals surface area contributed by atoms with Crippen LogP contribution in [-0.4, -0.2) is 52.9 Å². The van der Waals surface area contributed by atoms with Crippen molar-refractivity contribution in [2.45, 2.75) is 19.0 Å². The summed E-state index contributed by atoms with van der Waals surface area (Å²) in [6.45, 7) is 3.72. The summed E-state index contributed by atoms with van der Waals surface area (Å²) in [6, 6.07) is 15.6. The number of aromatic nitrogens is 2. The lowest BCUT2D eigenvalue weighted by atomic mass is 10.1. The number of ether oxygens (including phenoxy) is 1. The second kappa shape index (κ2) is 13.7. The molecule has 13 heteroatoms. The van der Waals surface area contributed by atoms with Crippen LogP contribution in [0.5, 0.6) is 5.75 Å². The minimum atomic E-state index is -4.59. The molecule has 3 N–H and O–H groups in total. The number of rotatable bonds is 10. The second-order valence-corrected chi connectivity index (χ2v) is 10.4. The standard InChI is InChI=1S/C31H28ClF3N6O3/c32-27-10-9-23(38-28(42)20-5-3-6-21(15-20)31(33,34)35)17-26(27)29(43)39-24-18-36-30(37-19-24)40-22-7-4-8-25(16-22)44-14-13-41-11-1-2-12-41/h3-10,15-19H,1-2,11-14H2,(H,38,42)(H,39,43)(H,36,37,40). The molecule has 0 atom stereocenters. The number of halogens is 4. The normalized spacial score (nSPS) is 13.4. The Morgan fingerprint density at radius 3 is 2.34 bits per heavy atom. The smallest absolute Gasteiger partial charge is 0.416 e. The topological polar surface area (TPSA) is 108 Å². The van der Waals surface area contributed by atoms with Crippen LogP contribution in [0.3, 0.4) is 0 Å². The zero-order valence-electron chi connectivity index (χ0n) is 23.3. The molecular weight excluding hydrogens is 597 g/mol. The number of nitrogens with zero attached hydrogens (tertiary/aromatic N) is 3. The molecular formula is C31H28ClF3N6O3. The van der Waals surface area contributed by atoms with E-state index in [0.29, 0.717) is 12.6 Å². The first kappa shape index (κ1) is 30.8. The van der Waals surface area contributed by atoms with E-state index in [-0.39, 0.29) is 27.5 Å². The van der Waals surface area contributed by atoms with Crippen molar-refractivity contribution in [3.05, 3.63) is 101 Å². The third-order valence-corrected chi connectivity index (χ3v) is 7.13. The lowest BCUT2D eigenvalue weighted by Crippen LogP contribution is -2.25. The molecule has 3 aromatic carbocycles. The minimum absolute atomic E-state index is 0.0252. The third-order valence-electron chi connectivity index (χ3n) is 6.80. The summed E-state index contributed by atoms with van der Waals surface area (Å²) in [7, 11) is 0. The SMILES string of the molecule is O=C(Nc1ccc(Cl)c(C(=O)Nc2cnc(Nc3cccc(OCCN4CCCC4)c3)nc2)c1)c1cccc(C(F)(F)F)c1. The van der Waals surface area contributed by atoms with Crippen LogP contribution in [0.25, 0.3) is 0 Å². The zero-order valence-corrected chi connectivity index (χ0v) is 24.1. The molecule has 4 aromatic rings. The van der Waals surface area contributed by atoms with Gasteiger partial charge in [-0.3, -0.25) is 14.5 Å². The quantitative estimate of drug-likeness (QED) is 0.177. The highest BCUT2D eigenvalue weighted by molar-refractivity contribution is 6.34. The Morgan fingerprint density at radius 2 is 1.59 bits per heavy atom. The number of carbonyl (C=O) groups is 2. The molecule has 2 heterocycles. The molecule has 0 spiro atoms. The molecule has 0 saturated carbocycles. The van der Waals surface area contributed by atoms with Gasteiger partial charge in [0.15, 0.2) is 0 Å². The number of alkyl halides is 3. The molecule has 1 fully saturated rings. The van der Waals surface area contributed by atoms with E-state index in [1.165, 1.54) is 49.5 Å². The van der Waals surface area contributed by atoms with Gasteiger partial charge in [0.1, 0.15) is 12.4 Å². The van der Waals surface area contributed by atoms with E-state index < -0.39 is 23.6 Å². The first-order valence-electron chi connectivity index (χ1n) is 13.8. The van der Waals surface area contributed by atoms with Crippen molar-refractivity contribution in [2.24, 2.45) is 0 Å². The number of benzene rings is 3. The molecule has 1 aliphatic heterocycles. The first-order chi connectivity index (χ1) is 21.1. The van der Waals surface area contributed by atoms with Gasteiger partial charge in [0.25, 0.3) is 11.8 Å². The minimum Gasteiger partial charge on any atom is -0.492 e. The Morgan fingerprint density at radius 1 is 0.864 bits per heavy atom. The van der Waals surface area contributed by atoms with Crippen LogP contribution in [0.2, 0.25) is 5.02 Å². The number of hydrogen-bond donors (Lipinski definition) is 3. The van der Waals surface area contributed by atoms with E-state index in [9.17, 15) is 22.8 Å². The Labute approximate surface area is 256 Å². The average molecular weight is 625 g/mol. The number of likely N-dealkylation sites (tertiary alicyclic amines) is 1. The van der Waals surface area contributed by atoms with Crippen molar-refractivity contribution in [1.29, 1.82) is 0 Å². The highest BCUT2D eigenvalue weighted by Gasteiger charge is 2.31. The number of carbonyl (C=O) groups excluding carboxylic acids is 2. The van der Waals surface area contributed by atoms with Crippen LogP contribution in [-0.2, 0) is 6.18 Å². The van der Waals surface area contributed by atoms with Gasteiger partial charge in [-0.05, 0) is 74.5 Å². The lowest BCUT2D eigenvalue weighted by molar-refractivity contribution is -0.137. The molecule has 1 aliphatic rings. The van der Waals surface area contributed by atoms with Crippen molar-refractivity contribution in [3.63, 3.8) is 0 Å². The molecule has 228 valence electrons. The van der Waals surface area contributed by atoms with Gasteiger partial charge in [-0.15, -0.1) is 0 Å². The van der Waals surface area contributed by atoms with Crippen molar-refractivity contribution in [1.82, 2.24) is 14.9 Å². The van der Waals surface area contributed by atoms with Gasteiger partial charge in [-0.2, -0.15) is 13.2 Å². The largest absolute Gasteiger partial charge is 0.492 e. The number of amides is 2. The fourth-order valence-electron chi connectivity index (χ4n) is 4.56. The van der Waals surface area contributed by atoms with Gasteiger partial charge in [0.05, 0.1) is 34.2 Å². The summed E-state index contributed by atoms with van der Waals surface area (Å²) in [5, 5.41) is 8.33. The summed E-state index contributed by atoms with van der Waals surface area (Å²) in [5.74, 6) is -0.355. The fourth-order valence-corrected chi connectivity index (χ4v) is 4.77. The molecule has 0 unspecified atom stereocenters. The molecule has 5 rings (SSSR count). The van der Waals surface area contributed by atoms with Crippen LogP contribution < -0.4 is 20.7 Å². The monoisotopic (exact) mass is 624 g/mol. The fraction of sp³-hybridized carbons (Fsp3) is 0.226. The van der Waals surface area contributed by atoms with Crippen LogP contribution in [0.15, 0.2) is 79.1 Å². The molecule has 0 aliphatic carbocycles. The molecule has 9 nitrogen and oxygen atoms in total. The van der Waals surface area contributed by atoms with Gasteiger partial charge in [-0.25, -0.2) is 9.97 Å². The van der Waals surface area contributed by atoms with E-state index in [0.717, 1.165) is 49.3 Å². The number of anilines is 4. The Bertz CT molecular complexity index is 1630. The summed E-state index contributed by atoms with van der Waals surface area (Å²) >= 11 is 6.22. The van der Waals surface area contributed by atoms with Crippen molar-refractivity contribution < 1.29 is 27.5 Å². The molecule has 44 heavy (non-hydrogen) atoms. The summed E-state index contributed by atoms with van der Waals surface area (Å²) in [4.78, 5) is 36.4.